The molecule has 0 atom stereocenters. The Hall–Kier alpha value is -2.19. The molecular formula is C14H17N3O4S. The van der Waals surface area contributed by atoms with Crippen molar-refractivity contribution in [3.05, 3.63) is 41.7 Å². The van der Waals surface area contributed by atoms with Gasteiger partial charge in [-0.25, -0.2) is 12.7 Å². The zero-order valence-corrected chi connectivity index (χ0v) is 13.3. The first-order valence-corrected chi connectivity index (χ1v) is 7.97. The van der Waals surface area contributed by atoms with E-state index in [2.05, 4.69) is 10.5 Å². The smallest absolute Gasteiger partial charge is 0.242 e. The number of rotatable bonds is 5. The monoisotopic (exact) mass is 323 g/mol. The van der Waals surface area contributed by atoms with Crippen molar-refractivity contribution in [3.63, 3.8) is 0 Å². The number of hydrogen-bond acceptors (Lipinski definition) is 5. The molecule has 0 aliphatic carbocycles. The van der Waals surface area contributed by atoms with E-state index in [4.69, 9.17) is 4.52 Å². The zero-order chi connectivity index (χ0) is 16.3. The Morgan fingerprint density at radius 1 is 1.27 bits per heavy atom. The summed E-state index contributed by atoms with van der Waals surface area (Å²) in [5, 5.41) is 6.28. The van der Waals surface area contributed by atoms with Crippen LogP contribution in [-0.4, -0.2) is 37.9 Å². The van der Waals surface area contributed by atoms with Gasteiger partial charge >= 0.3 is 0 Å². The van der Waals surface area contributed by atoms with Gasteiger partial charge in [-0.3, -0.25) is 4.79 Å². The Morgan fingerprint density at radius 2 is 1.91 bits per heavy atom. The summed E-state index contributed by atoms with van der Waals surface area (Å²) in [6.45, 7) is 1.73. The van der Waals surface area contributed by atoms with Crippen molar-refractivity contribution in [2.75, 3.05) is 19.4 Å². The van der Waals surface area contributed by atoms with Gasteiger partial charge in [-0.15, -0.1) is 0 Å². The number of sulfonamides is 1. The molecule has 7 nitrogen and oxygen atoms in total. The molecule has 0 fully saturated rings. The first kappa shape index (κ1) is 16.2. The van der Waals surface area contributed by atoms with Crippen LogP contribution in [0.25, 0.3) is 0 Å². The predicted molar refractivity (Wildman–Crippen MR) is 80.9 cm³/mol. The Morgan fingerprint density at radius 3 is 2.41 bits per heavy atom. The molecule has 1 aromatic carbocycles. The van der Waals surface area contributed by atoms with Gasteiger partial charge in [0, 0.05) is 20.2 Å². The number of benzene rings is 1. The minimum absolute atomic E-state index is 0.119. The van der Waals surface area contributed by atoms with Crippen LogP contribution < -0.4 is 5.32 Å². The number of carbonyl (C=O) groups is 1. The second-order valence-electron chi connectivity index (χ2n) is 4.98. The minimum atomic E-state index is -3.46. The standard InChI is InChI=1S/C14H17N3O4S/c1-10-8-13(16-21-10)15-14(18)9-11-4-6-12(7-5-11)22(19,20)17(2)3/h4-8H,9H2,1-3H3,(H,15,16,18). The molecule has 22 heavy (non-hydrogen) atoms. The fourth-order valence-corrected chi connectivity index (χ4v) is 2.69. The number of hydrogen-bond donors (Lipinski definition) is 1. The van der Waals surface area contributed by atoms with Crippen molar-refractivity contribution < 1.29 is 17.7 Å². The van der Waals surface area contributed by atoms with Crippen molar-refractivity contribution in [1.29, 1.82) is 0 Å². The lowest BCUT2D eigenvalue weighted by molar-refractivity contribution is -0.115. The Labute approximate surface area is 129 Å². The molecule has 0 bridgehead atoms. The normalized spacial score (nSPS) is 11.6. The summed E-state index contributed by atoms with van der Waals surface area (Å²) in [7, 11) is -0.520. The predicted octanol–water partition coefficient (Wildman–Crippen LogP) is 1.41. The molecule has 0 saturated heterocycles. The van der Waals surface area contributed by atoms with Crippen molar-refractivity contribution in [2.24, 2.45) is 0 Å². The number of aromatic nitrogens is 1. The molecule has 1 aromatic heterocycles. The third-order valence-electron chi connectivity index (χ3n) is 2.96. The lowest BCUT2D eigenvalue weighted by Gasteiger charge is -2.11. The van der Waals surface area contributed by atoms with Gasteiger partial charge < -0.3 is 9.84 Å². The van der Waals surface area contributed by atoms with E-state index in [0.29, 0.717) is 17.1 Å². The Balaban J connectivity index is 2.04. The quantitative estimate of drug-likeness (QED) is 0.898. The molecule has 2 rings (SSSR count). The van der Waals surface area contributed by atoms with Crippen LogP contribution in [0.3, 0.4) is 0 Å². The van der Waals surface area contributed by atoms with Gasteiger partial charge in [-0.2, -0.15) is 0 Å². The van der Waals surface area contributed by atoms with Crippen LogP contribution in [-0.2, 0) is 21.2 Å². The lowest BCUT2D eigenvalue weighted by Crippen LogP contribution is -2.22. The van der Waals surface area contributed by atoms with E-state index in [1.54, 1.807) is 25.1 Å². The first-order chi connectivity index (χ1) is 10.3. The first-order valence-electron chi connectivity index (χ1n) is 6.53. The van der Waals surface area contributed by atoms with Gasteiger partial charge in [0.05, 0.1) is 11.3 Å². The van der Waals surface area contributed by atoms with E-state index >= 15 is 0 Å². The highest BCUT2D eigenvalue weighted by molar-refractivity contribution is 7.89. The highest BCUT2D eigenvalue weighted by Gasteiger charge is 2.17. The van der Waals surface area contributed by atoms with Crippen molar-refractivity contribution >= 4 is 21.7 Å². The zero-order valence-electron chi connectivity index (χ0n) is 12.5. The van der Waals surface area contributed by atoms with Gasteiger partial charge in [0.1, 0.15) is 5.76 Å². The molecule has 1 heterocycles. The second kappa shape index (κ2) is 6.29. The molecule has 0 saturated carbocycles. The van der Waals surface area contributed by atoms with Crippen LogP contribution in [0.2, 0.25) is 0 Å². The molecule has 1 N–H and O–H groups in total. The summed E-state index contributed by atoms with van der Waals surface area (Å²) in [5.41, 5.74) is 0.704. The highest BCUT2D eigenvalue weighted by Crippen LogP contribution is 2.15. The summed E-state index contributed by atoms with van der Waals surface area (Å²) in [6.07, 6.45) is 0.119. The minimum Gasteiger partial charge on any atom is -0.360 e. The number of carbonyl (C=O) groups excluding carboxylic acids is 1. The van der Waals surface area contributed by atoms with E-state index in [-0.39, 0.29) is 17.2 Å². The lowest BCUT2D eigenvalue weighted by atomic mass is 10.1. The van der Waals surface area contributed by atoms with Crippen LogP contribution in [0.15, 0.2) is 39.8 Å². The molecule has 1 amide bonds. The fourth-order valence-electron chi connectivity index (χ4n) is 1.79. The summed E-state index contributed by atoms with van der Waals surface area (Å²) < 4.78 is 29.9. The van der Waals surface area contributed by atoms with Gasteiger partial charge in [0.25, 0.3) is 0 Å². The van der Waals surface area contributed by atoms with Crippen molar-refractivity contribution in [1.82, 2.24) is 9.46 Å². The van der Waals surface area contributed by atoms with Crippen molar-refractivity contribution in [3.8, 4) is 0 Å². The molecule has 0 unspecified atom stereocenters. The third kappa shape index (κ3) is 3.71. The molecule has 0 aliphatic heterocycles. The maximum atomic E-state index is 11.9. The van der Waals surface area contributed by atoms with Crippen LogP contribution in [0, 0.1) is 6.92 Å². The Bertz CT molecular complexity index is 764. The van der Waals surface area contributed by atoms with Gasteiger partial charge in [-0.05, 0) is 24.6 Å². The molecule has 2 aromatic rings. The SMILES string of the molecule is Cc1cc(NC(=O)Cc2ccc(S(=O)(=O)N(C)C)cc2)no1. The third-order valence-corrected chi connectivity index (χ3v) is 4.79. The molecule has 0 aliphatic rings. The van der Waals surface area contributed by atoms with Gasteiger partial charge in [-0.1, -0.05) is 17.3 Å². The molecule has 0 radical (unpaired) electrons. The van der Waals surface area contributed by atoms with Gasteiger partial charge in [0.15, 0.2) is 5.82 Å². The average molecular weight is 323 g/mol. The number of aryl methyl sites for hydroxylation is 1. The Kier molecular flexibility index (Phi) is 4.62. The largest absolute Gasteiger partial charge is 0.360 e. The summed E-state index contributed by atoms with van der Waals surface area (Å²) >= 11 is 0. The second-order valence-corrected chi connectivity index (χ2v) is 7.13. The molecular weight excluding hydrogens is 306 g/mol. The topological polar surface area (TPSA) is 92.5 Å². The van der Waals surface area contributed by atoms with Crippen molar-refractivity contribution in [2.45, 2.75) is 18.2 Å². The van der Waals surface area contributed by atoms with Crippen LogP contribution in [0.1, 0.15) is 11.3 Å². The maximum Gasteiger partial charge on any atom is 0.242 e. The maximum absolute atomic E-state index is 11.9. The average Bonchev–Trinajstić information content (AvgIpc) is 2.84. The molecule has 0 spiro atoms. The van der Waals surface area contributed by atoms with E-state index in [1.165, 1.54) is 26.2 Å². The number of nitrogens with one attached hydrogen (secondary N) is 1. The number of amides is 1. The van der Waals surface area contributed by atoms with E-state index in [9.17, 15) is 13.2 Å². The number of anilines is 1. The van der Waals surface area contributed by atoms with Crippen LogP contribution in [0.5, 0.6) is 0 Å². The summed E-state index contributed by atoms with van der Waals surface area (Å²) in [4.78, 5) is 12.1. The molecule has 118 valence electrons. The highest BCUT2D eigenvalue weighted by atomic mass is 32.2. The summed E-state index contributed by atoms with van der Waals surface area (Å²) in [5.74, 6) is 0.708. The summed E-state index contributed by atoms with van der Waals surface area (Å²) in [6, 6.07) is 7.81. The molecule has 8 heteroatoms. The fraction of sp³-hybridized carbons (Fsp3) is 0.286. The van der Waals surface area contributed by atoms with Crippen LogP contribution >= 0.6 is 0 Å². The van der Waals surface area contributed by atoms with E-state index in [0.717, 1.165) is 4.31 Å². The number of nitrogens with zero attached hydrogens (tertiary/aromatic N) is 2. The van der Waals surface area contributed by atoms with E-state index < -0.39 is 10.0 Å². The van der Waals surface area contributed by atoms with Gasteiger partial charge in [0.2, 0.25) is 15.9 Å². The van der Waals surface area contributed by atoms with Crippen LogP contribution in [0.4, 0.5) is 5.82 Å². The van der Waals surface area contributed by atoms with E-state index in [1.807, 2.05) is 0 Å².